The fraction of sp³-hybridized carbons (Fsp3) is 0.321. The Labute approximate surface area is 219 Å². The summed E-state index contributed by atoms with van der Waals surface area (Å²) < 4.78 is 1.98. The summed E-state index contributed by atoms with van der Waals surface area (Å²) in [5, 5.41) is 10.3. The molecule has 7 heteroatoms. The third kappa shape index (κ3) is 4.62. The first-order chi connectivity index (χ1) is 16.7. The van der Waals surface area contributed by atoms with E-state index in [9.17, 15) is 10.0 Å². The molecule has 180 valence electrons. The summed E-state index contributed by atoms with van der Waals surface area (Å²) in [6.45, 7) is 5.23. The predicted molar refractivity (Wildman–Crippen MR) is 139 cm³/mol. The molecule has 0 radical (unpaired) electrons. The lowest BCUT2D eigenvalue weighted by Gasteiger charge is -2.36. The van der Waals surface area contributed by atoms with Crippen LogP contribution in [0, 0.1) is 0 Å². The highest BCUT2D eigenvalue weighted by atomic mass is 79.9. The number of likely N-dealkylation sites (tertiary alicyclic amines) is 1. The molecule has 0 unspecified atom stereocenters. The van der Waals surface area contributed by atoms with Gasteiger partial charge in [-0.25, -0.2) is 0 Å². The molecule has 5 rings (SSSR count). The number of benzene rings is 1. The molecule has 0 saturated carbocycles. The number of aryl methyl sites for hydroxylation is 2. The summed E-state index contributed by atoms with van der Waals surface area (Å²) in [5.41, 5.74) is 7.50. The molecule has 1 aliphatic heterocycles. The molecular formula is C28H28BrClN3O2+. The Morgan fingerprint density at radius 3 is 2.46 bits per heavy atom. The van der Waals surface area contributed by atoms with Crippen LogP contribution in [0.2, 0.25) is 5.02 Å². The molecule has 1 saturated heterocycles. The van der Waals surface area contributed by atoms with E-state index in [4.69, 9.17) is 16.6 Å². The van der Waals surface area contributed by atoms with E-state index in [0.717, 1.165) is 51.2 Å². The van der Waals surface area contributed by atoms with E-state index in [1.807, 2.05) is 31.0 Å². The fourth-order valence-corrected chi connectivity index (χ4v) is 5.82. The van der Waals surface area contributed by atoms with Crippen LogP contribution in [0.1, 0.15) is 54.6 Å². The molecule has 3 heterocycles. The molecule has 0 atom stereocenters. The number of carbonyl (C=O) groups is 1. The lowest BCUT2D eigenvalue weighted by molar-refractivity contribution is -0.904. The second-order valence-corrected chi connectivity index (χ2v) is 11.2. The first kappa shape index (κ1) is 24.0. The number of fused-ring (bicyclic) bond motifs is 2. The number of amides is 1. The normalized spacial score (nSPS) is 15.9. The third-order valence-corrected chi connectivity index (χ3v) is 7.92. The van der Waals surface area contributed by atoms with Crippen LogP contribution in [0.5, 0.6) is 0 Å². The van der Waals surface area contributed by atoms with Crippen molar-refractivity contribution in [2.24, 2.45) is 0 Å². The Bertz CT molecular complexity index is 1270. The van der Waals surface area contributed by atoms with Crippen molar-refractivity contribution in [1.82, 2.24) is 9.88 Å². The minimum Gasteiger partial charge on any atom is -0.341 e. The van der Waals surface area contributed by atoms with Crippen molar-refractivity contribution in [3.8, 4) is 0 Å². The average molecular weight is 554 g/mol. The van der Waals surface area contributed by atoms with Crippen molar-refractivity contribution in [3.05, 3.63) is 98.0 Å². The van der Waals surface area contributed by atoms with Crippen LogP contribution in [0.4, 0.5) is 0 Å². The first-order valence-electron chi connectivity index (χ1n) is 11.9. The van der Waals surface area contributed by atoms with Crippen LogP contribution in [0.3, 0.4) is 0 Å². The third-order valence-electron chi connectivity index (χ3n) is 7.25. The number of rotatable bonds is 2. The predicted octanol–water partition coefficient (Wildman–Crippen LogP) is 5.52. The van der Waals surface area contributed by atoms with Crippen molar-refractivity contribution < 1.29 is 14.7 Å². The van der Waals surface area contributed by atoms with Gasteiger partial charge in [-0.3, -0.25) is 15.0 Å². The van der Waals surface area contributed by atoms with Gasteiger partial charge in [-0.2, -0.15) is 0 Å². The number of piperidine rings is 1. The van der Waals surface area contributed by atoms with E-state index in [1.165, 1.54) is 27.8 Å². The van der Waals surface area contributed by atoms with E-state index in [2.05, 4.69) is 34.1 Å². The van der Waals surface area contributed by atoms with Gasteiger partial charge in [-0.05, 0) is 95.9 Å². The van der Waals surface area contributed by atoms with Gasteiger partial charge in [-0.1, -0.05) is 23.2 Å². The van der Waals surface area contributed by atoms with Gasteiger partial charge >= 0.3 is 0 Å². The Hall–Kier alpha value is -2.70. The van der Waals surface area contributed by atoms with Crippen LogP contribution in [-0.2, 0) is 23.1 Å². The zero-order valence-electron chi connectivity index (χ0n) is 19.9. The van der Waals surface area contributed by atoms with Crippen molar-refractivity contribution >= 4 is 39.0 Å². The molecule has 35 heavy (non-hydrogen) atoms. The Kier molecular flexibility index (Phi) is 6.45. The lowest BCUT2D eigenvalue weighted by atomic mass is 9.82. The monoisotopic (exact) mass is 552 g/mol. The van der Waals surface area contributed by atoms with Crippen LogP contribution in [0.15, 0.2) is 65.0 Å². The molecule has 1 aromatic carbocycles. The highest BCUT2D eigenvalue weighted by Gasteiger charge is 2.36. The van der Waals surface area contributed by atoms with Crippen LogP contribution in [-0.4, -0.2) is 34.1 Å². The van der Waals surface area contributed by atoms with Gasteiger partial charge in [-0.15, -0.1) is 0 Å². The lowest BCUT2D eigenvalue weighted by Crippen LogP contribution is -2.46. The zero-order valence-corrected chi connectivity index (χ0v) is 22.2. The van der Waals surface area contributed by atoms with Crippen molar-refractivity contribution in [2.75, 3.05) is 13.1 Å². The highest BCUT2D eigenvalue weighted by molar-refractivity contribution is 9.10. The Morgan fingerprint density at radius 1 is 1.06 bits per heavy atom. The van der Waals surface area contributed by atoms with E-state index in [1.54, 1.807) is 24.5 Å². The van der Waals surface area contributed by atoms with Crippen LogP contribution < -0.4 is 4.73 Å². The molecule has 2 aliphatic rings. The number of halogens is 2. The SMILES string of the molecule is CC(C)(C(=O)N1CCC(=C2c3ccc(Cl)cc3CCc3cc(Br)cnc32)CC1)c1cc[n+](O)cc1. The molecule has 1 amide bonds. The zero-order chi connectivity index (χ0) is 24.7. The Balaban J connectivity index is 1.47. The maximum Gasteiger partial charge on any atom is 0.232 e. The molecule has 0 spiro atoms. The maximum absolute atomic E-state index is 13.5. The second kappa shape index (κ2) is 9.40. The topological polar surface area (TPSA) is 57.3 Å². The van der Waals surface area contributed by atoms with Gasteiger partial charge in [0, 0.05) is 51.2 Å². The maximum atomic E-state index is 13.5. The minimum absolute atomic E-state index is 0.104. The molecule has 2 aromatic heterocycles. The molecule has 0 bridgehead atoms. The highest BCUT2D eigenvalue weighted by Crippen LogP contribution is 2.39. The average Bonchev–Trinajstić information content (AvgIpc) is 3.00. The minimum atomic E-state index is -0.676. The van der Waals surface area contributed by atoms with E-state index < -0.39 is 5.41 Å². The first-order valence-corrected chi connectivity index (χ1v) is 13.1. The number of hydrogen-bond acceptors (Lipinski definition) is 3. The summed E-state index contributed by atoms with van der Waals surface area (Å²) in [4.78, 5) is 20.4. The number of aromatic nitrogens is 2. The molecule has 1 aliphatic carbocycles. The van der Waals surface area contributed by atoms with Gasteiger partial charge in [0.1, 0.15) is 0 Å². The standard InChI is InChI=1S/C28H28BrClN3O2/c1-28(2,21-9-13-33(35)14-10-21)27(34)32-11-7-18(8-12-32)25-24-6-5-23(30)16-19(24)3-4-20-15-22(29)17-31-26(20)25/h5-6,9-10,13-17,35H,3-4,7-8,11-12H2,1-2H3/q+1. The molecular weight excluding hydrogens is 526 g/mol. The summed E-state index contributed by atoms with van der Waals surface area (Å²) in [7, 11) is 0. The van der Waals surface area contributed by atoms with Crippen LogP contribution in [0.25, 0.3) is 5.57 Å². The summed E-state index contributed by atoms with van der Waals surface area (Å²) >= 11 is 9.94. The number of carbonyl (C=O) groups excluding carboxylic acids is 1. The quantitative estimate of drug-likeness (QED) is 0.336. The largest absolute Gasteiger partial charge is 0.341 e. The number of nitrogens with zero attached hydrogens (tertiary/aromatic N) is 3. The summed E-state index contributed by atoms with van der Waals surface area (Å²) in [6, 6.07) is 11.9. The molecule has 5 nitrogen and oxygen atoms in total. The van der Waals surface area contributed by atoms with Gasteiger partial charge in [0.05, 0.1) is 11.1 Å². The Morgan fingerprint density at radius 2 is 1.74 bits per heavy atom. The molecule has 1 fully saturated rings. The van der Waals surface area contributed by atoms with Gasteiger partial charge < -0.3 is 4.90 Å². The van der Waals surface area contributed by atoms with Crippen molar-refractivity contribution in [1.29, 1.82) is 0 Å². The van der Waals surface area contributed by atoms with E-state index >= 15 is 0 Å². The van der Waals surface area contributed by atoms with Gasteiger partial charge in [0.2, 0.25) is 18.3 Å². The van der Waals surface area contributed by atoms with Gasteiger partial charge in [0.25, 0.3) is 0 Å². The van der Waals surface area contributed by atoms with Crippen molar-refractivity contribution in [3.63, 3.8) is 0 Å². The van der Waals surface area contributed by atoms with Gasteiger partial charge in [0.15, 0.2) is 0 Å². The fourth-order valence-electron chi connectivity index (χ4n) is 5.25. The molecule has 1 N–H and O–H groups in total. The van der Waals surface area contributed by atoms with E-state index in [-0.39, 0.29) is 5.91 Å². The summed E-state index contributed by atoms with van der Waals surface area (Å²) in [6.07, 6.45) is 8.43. The summed E-state index contributed by atoms with van der Waals surface area (Å²) in [5.74, 6) is 0.104. The molecule has 3 aromatic rings. The number of hydrogen-bond donors (Lipinski definition) is 1. The second-order valence-electron chi connectivity index (χ2n) is 9.83. The van der Waals surface area contributed by atoms with Crippen molar-refractivity contribution in [2.45, 2.75) is 44.9 Å². The van der Waals surface area contributed by atoms with E-state index in [0.29, 0.717) is 13.1 Å². The number of pyridine rings is 2. The van der Waals surface area contributed by atoms with Crippen LogP contribution >= 0.6 is 27.5 Å². The smallest absolute Gasteiger partial charge is 0.232 e.